The van der Waals surface area contributed by atoms with E-state index in [1.54, 1.807) is 0 Å². The van der Waals surface area contributed by atoms with E-state index in [9.17, 15) is 4.79 Å². The fourth-order valence-electron chi connectivity index (χ4n) is 3.79. The number of hydrogen-bond acceptors (Lipinski definition) is 3. The van der Waals surface area contributed by atoms with Gasteiger partial charge < -0.3 is 9.47 Å². The highest BCUT2D eigenvalue weighted by Crippen LogP contribution is 2.21. The van der Waals surface area contributed by atoms with Crippen LogP contribution in [0, 0.1) is 0 Å². The Balaban J connectivity index is 1.40. The van der Waals surface area contributed by atoms with E-state index in [0.717, 1.165) is 62.3 Å². The molecular formula is C21H25N3OS. The minimum atomic E-state index is 0.168. The van der Waals surface area contributed by atoms with Crippen LogP contribution in [0.25, 0.3) is 10.9 Å². The summed E-state index contributed by atoms with van der Waals surface area (Å²) in [6.45, 7) is 7.55. The fraction of sp³-hybridized carbons (Fsp3) is 0.381. The van der Waals surface area contributed by atoms with Crippen molar-refractivity contribution >= 4 is 28.1 Å². The van der Waals surface area contributed by atoms with Crippen molar-refractivity contribution in [2.45, 2.75) is 19.9 Å². The maximum Gasteiger partial charge on any atom is 0.270 e. The van der Waals surface area contributed by atoms with Crippen LogP contribution >= 0.6 is 11.3 Å². The summed E-state index contributed by atoms with van der Waals surface area (Å²) in [4.78, 5) is 19.0. The van der Waals surface area contributed by atoms with Gasteiger partial charge in [-0.1, -0.05) is 24.3 Å². The Morgan fingerprint density at radius 3 is 2.62 bits per heavy atom. The molecule has 4 rings (SSSR count). The minimum Gasteiger partial charge on any atom is -0.337 e. The molecule has 1 amide bonds. The summed E-state index contributed by atoms with van der Waals surface area (Å²) >= 11 is 1.83. The molecule has 136 valence electrons. The highest BCUT2D eigenvalue weighted by atomic mass is 32.1. The second-order valence-corrected chi connectivity index (χ2v) is 7.83. The molecule has 0 bridgehead atoms. The van der Waals surface area contributed by atoms with E-state index in [-0.39, 0.29) is 5.91 Å². The van der Waals surface area contributed by atoms with Crippen LogP contribution < -0.4 is 0 Å². The van der Waals surface area contributed by atoms with E-state index < -0.39 is 0 Å². The molecule has 2 aromatic heterocycles. The van der Waals surface area contributed by atoms with Crippen molar-refractivity contribution in [2.75, 3.05) is 32.7 Å². The number of benzene rings is 1. The first-order valence-electron chi connectivity index (χ1n) is 9.38. The number of nitrogens with zero attached hydrogens (tertiary/aromatic N) is 3. The van der Waals surface area contributed by atoms with Crippen LogP contribution in [0.3, 0.4) is 0 Å². The van der Waals surface area contributed by atoms with Crippen LogP contribution in [0.15, 0.2) is 47.8 Å². The van der Waals surface area contributed by atoms with E-state index >= 15 is 0 Å². The predicted octanol–water partition coefficient (Wildman–Crippen LogP) is 3.72. The summed E-state index contributed by atoms with van der Waals surface area (Å²) < 4.78 is 2.14. The zero-order chi connectivity index (χ0) is 17.9. The summed E-state index contributed by atoms with van der Waals surface area (Å²) in [5.74, 6) is 0.168. The van der Waals surface area contributed by atoms with Gasteiger partial charge in [0.05, 0.1) is 0 Å². The van der Waals surface area contributed by atoms with Crippen LogP contribution in [0.4, 0.5) is 0 Å². The second-order valence-electron chi connectivity index (χ2n) is 6.80. The topological polar surface area (TPSA) is 28.5 Å². The summed E-state index contributed by atoms with van der Waals surface area (Å²) in [7, 11) is 0. The summed E-state index contributed by atoms with van der Waals surface area (Å²) in [5, 5.41) is 3.28. The van der Waals surface area contributed by atoms with Gasteiger partial charge in [-0.2, -0.15) is 0 Å². The molecule has 1 saturated heterocycles. The molecule has 4 nitrogen and oxygen atoms in total. The maximum absolute atomic E-state index is 13.1. The molecular weight excluding hydrogens is 342 g/mol. The van der Waals surface area contributed by atoms with E-state index in [0.29, 0.717) is 0 Å². The van der Waals surface area contributed by atoms with Crippen molar-refractivity contribution in [1.82, 2.24) is 14.4 Å². The van der Waals surface area contributed by atoms with E-state index in [1.165, 1.54) is 4.88 Å². The van der Waals surface area contributed by atoms with Gasteiger partial charge in [0.15, 0.2) is 0 Å². The summed E-state index contributed by atoms with van der Waals surface area (Å²) in [6.07, 6.45) is 1.11. The lowest BCUT2D eigenvalue weighted by Gasteiger charge is -2.34. The van der Waals surface area contributed by atoms with E-state index in [4.69, 9.17) is 0 Å². The summed E-state index contributed by atoms with van der Waals surface area (Å²) in [6, 6.07) is 14.6. The molecule has 3 heterocycles. The van der Waals surface area contributed by atoms with Crippen molar-refractivity contribution < 1.29 is 4.79 Å². The molecule has 3 aromatic rings. The number of rotatable bonds is 5. The van der Waals surface area contributed by atoms with Gasteiger partial charge in [-0.15, -0.1) is 11.3 Å². The largest absolute Gasteiger partial charge is 0.337 e. The van der Waals surface area contributed by atoms with Crippen molar-refractivity contribution in [3.8, 4) is 0 Å². The van der Waals surface area contributed by atoms with Gasteiger partial charge >= 0.3 is 0 Å². The SMILES string of the molecule is CCn1c(C(=O)N2CCN(CCc3cccs3)CC2)cc2ccccc21. The average Bonchev–Trinajstić information content (AvgIpc) is 3.33. The molecule has 1 aromatic carbocycles. The third-order valence-corrected chi connectivity index (χ3v) is 6.20. The van der Waals surface area contributed by atoms with Crippen molar-refractivity contribution in [3.63, 3.8) is 0 Å². The van der Waals surface area contributed by atoms with Gasteiger partial charge in [0.2, 0.25) is 0 Å². The van der Waals surface area contributed by atoms with Gasteiger partial charge in [-0.25, -0.2) is 0 Å². The van der Waals surface area contributed by atoms with Crippen LogP contribution in [0.2, 0.25) is 0 Å². The van der Waals surface area contributed by atoms with Gasteiger partial charge in [0.25, 0.3) is 5.91 Å². The lowest BCUT2D eigenvalue weighted by molar-refractivity contribution is 0.0629. The Morgan fingerprint density at radius 1 is 1.08 bits per heavy atom. The average molecular weight is 368 g/mol. The quantitative estimate of drug-likeness (QED) is 0.687. The number of aryl methyl sites for hydroxylation is 1. The summed E-state index contributed by atoms with van der Waals surface area (Å²) in [5.41, 5.74) is 1.97. The Kier molecular flexibility index (Phi) is 5.09. The first-order valence-corrected chi connectivity index (χ1v) is 10.3. The number of carbonyl (C=O) groups excluding carboxylic acids is 1. The molecule has 0 spiro atoms. The number of aromatic nitrogens is 1. The highest BCUT2D eigenvalue weighted by Gasteiger charge is 2.24. The smallest absolute Gasteiger partial charge is 0.270 e. The van der Waals surface area contributed by atoms with Gasteiger partial charge in [0, 0.05) is 55.0 Å². The molecule has 0 aliphatic carbocycles. The number of thiophene rings is 1. The first kappa shape index (κ1) is 17.3. The predicted molar refractivity (Wildman–Crippen MR) is 108 cm³/mol. The molecule has 0 atom stereocenters. The molecule has 1 fully saturated rings. The Bertz CT molecular complexity index is 876. The molecule has 0 radical (unpaired) electrons. The van der Waals surface area contributed by atoms with Gasteiger partial charge in [0.1, 0.15) is 5.69 Å². The molecule has 1 aliphatic rings. The van der Waals surface area contributed by atoms with Crippen LogP contribution in [-0.4, -0.2) is 53.0 Å². The van der Waals surface area contributed by atoms with Crippen LogP contribution in [-0.2, 0) is 13.0 Å². The number of para-hydroxylation sites is 1. The zero-order valence-corrected chi connectivity index (χ0v) is 16.0. The van der Waals surface area contributed by atoms with E-state index in [2.05, 4.69) is 46.0 Å². The second kappa shape index (κ2) is 7.64. The highest BCUT2D eigenvalue weighted by molar-refractivity contribution is 7.09. The standard InChI is InChI=1S/C21H25N3OS/c1-2-24-19-8-4-3-6-17(19)16-20(24)21(25)23-13-11-22(12-14-23)10-9-18-7-5-15-26-18/h3-8,15-16H,2,9-14H2,1H3. The number of fused-ring (bicyclic) bond motifs is 1. The Hall–Kier alpha value is -2.11. The first-order chi connectivity index (χ1) is 12.8. The Morgan fingerprint density at radius 2 is 1.88 bits per heavy atom. The molecule has 0 N–H and O–H groups in total. The van der Waals surface area contributed by atoms with Crippen molar-refractivity contribution in [2.24, 2.45) is 0 Å². The van der Waals surface area contributed by atoms with Crippen molar-refractivity contribution in [1.29, 1.82) is 0 Å². The minimum absolute atomic E-state index is 0.168. The molecule has 26 heavy (non-hydrogen) atoms. The number of piperazine rings is 1. The van der Waals surface area contributed by atoms with Gasteiger partial charge in [-0.3, -0.25) is 9.69 Å². The third-order valence-electron chi connectivity index (χ3n) is 5.26. The molecule has 0 saturated carbocycles. The Labute approximate surface area is 158 Å². The maximum atomic E-state index is 13.1. The lowest BCUT2D eigenvalue weighted by atomic mass is 10.2. The third kappa shape index (κ3) is 3.41. The van der Waals surface area contributed by atoms with Gasteiger partial charge in [-0.05, 0) is 36.9 Å². The van der Waals surface area contributed by atoms with Crippen LogP contribution in [0.1, 0.15) is 22.3 Å². The number of hydrogen-bond donors (Lipinski definition) is 0. The molecule has 5 heteroatoms. The molecule has 1 aliphatic heterocycles. The molecule has 0 unspecified atom stereocenters. The number of amides is 1. The fourth-order valence-corrected chi connectivity index (χ4v) is 4.49. The van der Waals surface area contributed by atoms with E-state index in [1.807, 2.05) is 34.4 Å². The van der Waals surface area contributed by atoms with Crippen LogP contribution in [0.5, 0.6) is 0 Å². The number of carbonyl (C=O) groups is 1. The monoisotopic (exact) mass is 367 g/mol. The van der Waals surface area contributed by atoms with Crippen molar-refractivity contribution in [3.05, 3.63) is 58.4 Å². The normalized spacial score (nSPS) is 15.7. The zero-order valence-electron chi connectivity index (χ0n) is 15.2. The lowest BCUT2D eigenvalue weighted by Crippen LogP contribution is -2.49.